The molecule has 1 aromatic carbocycles. The smallest absolute Gasteiger partial charge is 0.225 e. The molecule has 4 heterocycles. The molecular formula is C23H27FN6. The number of anilines is 1. The van der Waals surface area contributed by atoms with Crippen LogP contribution in [-0.4, -0.2) is 51.2 Å². The zero-order valence-corrected chi connectivity index (χ0v) is 17.1. The summed E-state index contributed by atoms with van der Waals surface area (Å²) < 4.78 is 13.2. The van der Waals surface area contributed by atoms with Gasteiger partial charge in [0.15, 0.2) is 0 Å². The molecular weight excluding hydrogens is 379 g/mol. The van der Waals surface area contributed by atoms with Gasteiger partial charge in [-0.05, 0) is 56.0 Å². The molecule has 0 amide bonds. The molecule has 30 heavy (non-hydrogen) atoms. The minimum absolute atomic E-state index is 0.185. The van der Waals surface area contributed by atoms with Crippen LogP contribution < -0.4 is 4.90 Å². The number of likely N-dealkylation sites (tertiary alicyclic amines) is 1. The summed E-state index contributed by atoms with van der Waals surface area (Å²) in [5.41, 5.74) is 4.32. The number of rotatable bonds is 5. The molecule has 2 fully saturated rings. The van der Waals surface area contributed by atoms with Gasteiger partial charge in [-0.15, -0.1) is 0 Å². The second-order valence-corrected chi connectivity index (χ2v) is 8.33. The van der Waals surface area contributed by atoms with Crippen molar-refractivity contribution in [3.8, 4) is 11.3 Å². The summed E-state index contributed by atoms with van der Waals surface area (Å²) in [5, 5.41) is 7.62. The minimum Gasteiger partial charge on any atom is -0.341 e. The molecule has 2 aliphatic heterocycles. The molecule has 5 rings (SSSR count). The van der Waals surface area contributed by atoms with E-state index in [0.29, 0.717) is 5.92 Å². The summed E-state index contributed by atoms with van der Waals surface area (Å²) in [6.45, 7) is 4.92. The molecule has 1 unspecified atom stereocenters. The van der Waals surface area contributed by atoms with Crippen molar-refractivity contribution in [2.75, 3.05) is 31.1 Å². The van der Waals surface area contributed by atoms with Crippen LogP contribution >= 0.6 is 0 Å². The largest absolute Gasteiger partial charge is 0.341 e. The highest BCUT2D eigenvalue weighted by Crippen LogP contribution is 2.33. The van der Waals surface area contributed by atoms with Crippen LogP contribution in [0.4, 0.5) is 10.3 Å². The van der Waals surface area contributed by atoms with Crippen molar-refractivity contribution in [2.45, 2.75) is 38.1 Å². The second-order valence-electron chi connectivity index (χ2n) is 8.33. The van der Waals surface area contributed by atoms with E-state index in [1.54, 1.807) is 0 Å². The second kappa shape index (κ2) is 8.52. The molecule has 0 aliphatic carbocycles. The molecule has 1 atom stereocenters. The van der Waals surface area contributed by atoms with Crippen LogP contribution in [0, 0.1) is 5.82 Å². The van der Waals surface area contributed by atoms with Crippen molar-refractivity contribution in [3.63, 3.8) is 0 Å². The number of halogens is 1. The lowest BCUT2D eigenvalue weighted by Crippen LogP contribution is -2.34. The van der Waals surface area contributed by atoms with E-state index in [0.717, 1.165) is 74.0 Å². The van der Waals surface area contributed by atoms with Gasteiger partial charge in [-0.2, -0.15) is 5.10 Å². The monoisotopic (exact) mass is 406 g/mol. The average Bonchev–Trinajstić information content (AvgIpc) is 3.48. The number of nitrogens with one attached hydrogen (secondary N) is 1. The van der Waals surface area contributed by atoms with Gasteiger partial charge < -0.3 is 4.90 Å². The first-order valence-electron chi connectivity index (χ1n) is 10.8. The Bertz CT molecular complexity index is 979. The summed E-state index contributed by atoms with van der Waals surface area (Å²) in [6, 6.07) is 8.81. The van der Waals surface area contributed by atoms with Crippen LogP contribution in [0.25, 0.3) is 11.3 Å². The van der Waals surface area contributed by atoms with Gasteiger partial charge >= 0.3 is 0 Å². The van der Waals surface area contributed by atoms with E-state index in [2.05, 4.69) is 25.0 Å². The fourth-order valence-corrected chi connectivity index (χ4v) is 4.66. The third-order valence-corrected chi connectivity index (χ3v) is 6.21. The number of aromatic nitrogens is 4. The molecule has 2 saturated heterocycles. The van der Waals surface area contributed by atoms with Crippen molar-refractivity contribution in [1.82, 2.24) is 25.1 Å². The van der Waals surface area contributed by atoms with Gasteiger partial charge in [-0.3, -0.25) is 10.00 Å². The molecule has 156 valence electrons. The Labute approximate surface area is 176 Å². The fourth-order valence-electron chi connectivity index (χ4n) is 4.66. The van der Waals surface area contributed by atoms with Gasteiger partial charge in [-0.1, -0.05) is 12.1 Å². The third kappa shape index (κ3) is 4.07. The van der Waals surface area contributed by atoms with Crippen molar-refractivity contribution in [2.24, 2.45) is 0 Å². The van der Waals surface area contributed by atoms with Crippen LogP contribution in [-0.2, 0) is 6.54 Å². The highest BCUT2D eigenvalue weighted by Gasteiger charge is 2.26. The van der Waals surface area contributed by atoms with Gasteiger partial charge in [0.25, 0.3) is 0 Å². The Morgan fingerprint density at radius 1 is 1.03 bits per heavy atom. The Kier molecular flexibility index (Phi) is 5.45. The molecule has 6 nitrogen and oxygen atoms in total. The lowest BCUT2D eigenvalue weighted by Gasteiger charge is -2.32. The summed E-state index contributed by atoms with van der Waals surface area (Å²) >= 11 is 0. The molecule has 0 bridgehead atoms. The van der Waals surface area contributed by atoms with Crippen LogP contribution in [0.1, 0.15) is 42.9 Å². The SMILES string of the molecule is Fc1ccc(CN2CCCC(c3[nH]ncc3-c3ccnc(N4CCCC4)n3)C2)cc1. The van der Waals surface area contributed by atoms with Crippen molar-refractivity contribution < 1.29 is 4.39 Å². The maximum Gasteiger partial charge on any atom is 0.225 e. The first-order valence-corrected chi connectivity index (χ1v) is 10.8. The molecule has 7 heteroatoms. The van der Waals surface area contributed by atoms with Crippen LogP contribution in [0.15, 0.2) is 42.7 Å². The third-order valence-electron chi connectivity index (χ3n) is 6.21. The van der Waals surface area contributed by atoms with Crippen molar-refractivity contribution >= 4 is 5.95 Å². The fraction of sp³-hybridized carbons (Fsp3) is 0.435. The molecule has 3 aromatic rings. The summed E-state index contributed by atoms with van der Waals surface area (Å²) in [6.07, 6.45) is 8.41. The molecule has 0 radical (unpaired) electrons. The number of hydrogen-bond acceptors (Lipinski definition) is 5. The van der Waals surface area contributed by atoms with Gasteiger partial charge in [-0.25, -0.2) is 14.4 Å². The van der Waals surface area contributed by atoms with Gasteiger partial charge in [0.2, 0.25) is 5.95 Å². The standard InChI is InChI=1S/C23H27FN6/c24-19-7-5-17(6-8-19)15-29-11-3-4-18(16-29)22-20(14-26-28-22)21-9-10-25-23(27-21)30-12-1-2-13-30/h5-10,14,18H,1-4,11-13,15-16H2,(H,26,28). The molecule has 1 N–H and O–H groups in total. The van der Waals surface area contributed by atoms with E-state index < -0.39 is 0 Å². The number of nitrogens with zero attached hydrogens (tertiary/aromatic N) is 5. The maximum absolute atomic E-state index is 13.2. The van der Waals surface area contributed by atoms with Crippen molar-refractivity contribution in [1.29, 1.82) is 0 Å². The Morgan fingerprint density at radius 2 is 1.87 bits per heavy atom. The lowest BCUT2D eigenvalue weighted by atomic mass is 9.91. The number of piperidine rings is 1. The van der Waals surface area contributed by atoms with E-state index in [1.165, 1.54) is 25.0 Å². The van der Waals surface area contributed by atoms with E-state index in [-0.39, 0.29) is 5.82 Å². The zero-order chi connectivity index (χ0) is 20.3. The topological polar surface area (TPSA) is 60.9 Å². The number of hydrogen-bond donors (Lipinski definition) is 1. The molecule has 0 saturated carbocycles. The van der Waals surface area contributed by atoms with Gasteiger partial charge in [0, 0.05) is 49.6 Å². The minimum atomic E-state index is -0.185. The Hall–Kier alpha value is -2.80. The molecule has 2 aliphatic rings. The number of aromatic amines is 1. The van der Waals surface area contributed by atoms with Crippen molar-refractivity contribution in [3.05, 3.63) is 59.8 Å². The van der Waals surface area contributed by atoms with E-state index in [9.17, 15) is 4.39 Å². The van der Waals surface area contributed by atoms with Gasteiger partial charge in [0.05, 0.1) is 11.9 Å². The van der Waals surface area contributed by atoms with E-state index in [1.807, 2.05) is 30.6 Å². The molecule has 2 aromatic heterocycles. The normalized spacial score (nSPS) is 20.0. The number of H-pyrrole nitrogens is 1. The van der Waals surface area contributed by atoms with Gasteiger partial charge in [0.1, 0.15) is 5.82 Å². The summed E-state index contributed by atoms with van der Waals surface area (Å²) in [7, 11) is 0. The molecule has 0 spiro atoms. The maximum atomic E-state index is 13.2. The highest BCUT2D eigenvalue weighted by molar-refractivity contribution is 5.63. The summed E-state index contributed by atoms with van der Waals surface area (Å²) in [4.78, 5) is 14.0. The lowest BCUT2D eigenvalue weighted by molar-refractivity contribution is 0.198. The van der Waals surface area contributed by atoms with Crippen LogP contribution in [0.2, 0.25) is 0 Å². The Morgan fingerprint density at radius 3 is 2.70 bits per heavy atom. The predicted octanol–water partition coefficient (Wildman–Crippen LogP) is 3.99. The number of benzene rings is 1. The first kappa shape index (κ1) is 19.2. The predicted molar refractivity (Wildman–Crippen MR) is 115 cm³/mol. The van der Waals surface area contributed by atoms with Crippen LogP contribution in [0.3, 0.4) is 0 Å². The van der Waals surface area contributed by atoms with Crippen LogP contribution in [0.5, 0.6) is 0 Å². The summed E-state index contributed by atoms with van der Waals surface area (Å²) in [5.74, 6) is 1.01. The average molecular weight is 407 g/mol. The highest BCUT2D eigenvalue weighted by atomic mass is 19.1. The first-order chi connectivity index (χ1) is 14.8. The Balaban J connectivity index is 1.34. The zero-order valence-electron chi connectivity index (χ0n) is 17.1. The quantitative estimate of drug-likeness (QED) is 0.694. The van der Waals surface area contributed by atoms with E-state index in [4.69, 9.17) is 4.98 Å². The van der Waals surface area contributed by atoms with E-state index >= 15 is 0 Å².